The number of carbonyl (C=O) groups is 1. The van der Waals surface area contributed by atoms with Crippen molar-refractivity contribution in [1.82, 2.24) is 9.97 Å². The van der Waals surface area contributed by atoms with Crippen molar-refractivity contribution in [3.63, 3.8) is 0 Å². The molecule has 1 heterocycles. The first-order valence-corrected chi connectivity index (χ1v) is 4.32. The highest BCUT2D eigenvalue weighted by Crippen LogP contribution is 2.22. The number of fused-ring (bicyclic) bond motifs is 1. The summed E-state index contributed by atoms with van der Waals surface area (Å²) in [6.07, 6.45) is 4.02. The number of imidazole rings is 1. The standard InChI is InChI=1S/C9H12N2O/c1-6-2-3-7-8(4-6)11-9(5-12)10-7/h5-6H,2-4H2,1H3,(H,10,11). The van der Waals surface area contributed by atoms with E-state index in [1.807, 2.05) is 0 Å². The van der Waals surface area contributed by atoms with Crippen molar-refractivity contribution in [2.75, 3.05) is 0 Å². The maximum absolute atomic E-state index is 10.4. The second-order valence-electron chi connectivity index (χ2n) is 3.51. The summed E-state index contributed by atoms with van der Waals surface area (Å²) >= 11 is 0. The predicted molar refractivity (Wildman–Crippen MR) is 45.2 cm³/mol. The summed E-state index contributed by atoms with van der Waals surface area (Å²) in [5.41, 5.74) is 2.26. The fourth-order valence-corrected chi connectivity index (χ4v) is 1.73. The van der Waals surface area contributed by atoms with Gasteiger partial charge in [-0.05, 0) is 25.2 Å². The number of carbonyl (C=O) groups excluding carboxylic acids is 1. The van der Waals surface area contributed by atoms with Crippen molar-refractivity contribution in [1.29, 1.82) is 0 Å². The number of hydrogen-bond acceptors (Lipinski definition) is 2. The van der Waals surface area contributed by atoms with E-state index >= 15 is 0 Å². The van der Waals surface area contributed by atoms with Crippen LogP contribution in [0, 0.1) is 5.92 Å². The second kappa shape index (κ2) is 2.73. The lowest BCUT2D eigenvalue weighted by Gasteiger charge is -2.15. The molecule has 1 N–H and O–H groups in total. The largest absolute Gasteiger partial charge is 0.339 e. The number of hydrogen-bond donors (Lipinski definition) is 1. The quantitative estimate of drug-likeness (QED) is 0.637. The molecule has 1 atom stereocenters. The van der Waals surface area contributed by atoms with Crippen molar-refractivity contribution >= 4 is 6.29 Å². The predicted octanol–water partition coefficient (Wildman–Crippen LogP) is 1.35. The van der Waals surface area contributed by atoms with Crippen molar-refractivity contribution < 1.29 is 4.79 Å². The molecule has 0 amide bonds. The van der Waals surface area contributed by atoms with E-state index in [9.17, 15) is 4.79 Å². The first-order chi connectivity index (χ1) is 5.79. The summed E-state index contributed by atoms with van der Waals surface area (Å²) in [7, 11) is 0. The van der Waals surface area contributed by atoms with Crippen LogP contribution in [0.4, 0.5) is 0 Å². The minimum atomic E-state index is 0.481. The van der Waals surface area contributed by atoms with E-state index in [0.717, 1.165) is 36.4 Å². The van der Waals surface area contributed by atoms with Gasteiger partial charge in [0.15, 0.2) is 12.1 Å². The molecule has 2 rings (SSSR count). The zero-order valence-electron chi connectivity index (χ0n) is 7.13. The van der Waals surface area contributed by atoms with Gasteiger partial charge in [-0.3, -0.25) is 4.79 Å². The Hall–Kier alpha value is -1.12. The molecule has 0 aromatic carbocycles. The highest BCUT2D eigenvalue weighted by Gasteiger charge is 2.18. The van der Waals surface area contributed by atoms with Crippen molar-refractivity contribution in [3.05, 3.63) is 17.2 Å². The van der Waals surface area contributed by atoms with E-state index in [1.165, 1.54) is 6.42 Å². The van der Waals surface area contributed by atoms with Crippen LogP contribution in [0.25, 0.3) is 0 Å². The molecule has 1 unspecified atom stereocenters. The number of nitrogens with zero attached hydrogens (tertiary/aromatic N) is 1. The summed E-state index contributed by atoms with van der Waals surface area (Å²) in [6.45, 7) is 2.23. The van der Waals surface area contributed by atoms with Gasteiger partial charge in [0.05, 0.1) is 5.69 Å². The second-order valence-corrected chi connectivity index (χ2v) is 3.51. The van der Waals surface area contributed by atoms with Crippen LogP contribution in [0.5, 0.6) is 0 Å². The Morgan fingerprint density at radius 1 is 1.67 bits per heavy atom. The van der Waals surface area contributed by atoms with E-state index in [2.05, 4.69) is 16.9 Å². The molecule has 3 nitrogen and oxygen atoms in total. The van der Waals surface area contributed by atoms with E-state index in [1.54, 1.807) is 0 Å². The van der Waals surface area contributed by atoms with E-state index in [0.29, 0.717) is 5.82 Å². The molecule has 0 radical (unpaired) electrons. The summed E-state index contributed by atoms with van der Waals surface area (Å²) in [4.78, 5) is 17.6. The maximum atomic E-state index is 10.4. The molecule has 1 aliphatic carbocycles. The van der Waals surface area contributed by atoms with E-state index in [-0.39, 0.29) is 0 Å². The monoisotopic (exact) mass is 164 g/mol. The van der Waals surface area contributed by atoms with Gasteiger partial charge in [-0.25, -0.2) is 4.98 Å². The molecule has 0 aliphatic heterocycles. The number of rotatable bonds is 1. The molecule has 1 aromatic heterocycles. The number of aldehydes is 1. The summed E-state index contributed by atoms with van der Waals surface area (Å²) in [5, 5.41) is 0. The minimum Gasteiger partial charge on any atom is -0.339 e. The molecule has 0 fully saturated rings. The summed E-state index contributed by atoms with van der Waals surface area (Å²) < 4.78 is 0. The van der Waals surface area contributed by atoms with Crippen molar-refractivity contribution in [2.24, 2.45) is 5.92 Å². The normalized spacial score (nSPS) is 21.9. The zero-order chi connectivity index (χ0) is 8.55. The Bertz CT molecular complexity index is 303. The van der Waals surface area contributed by atoms with E-state index in [4.69, 9.17) is 0 Å². The number of aromatic nitrogens is 2. The molecule has 0 spiro atoms. The van der Waals surface area contributed by atoms with Gasteiger partial charge in [-0.15, -0.1) is 0 Å². The summed E-state index contributed by atoms with van der Waals surface area (Å²) in [6, 6.07) is 0. The maximum Gasteiger partial charge on any atom is 0.185 e. The van der Waals surface area contributed by atoms with Gasteiger partial charge in [-0.2, -0.15) is 0 Å². The Labute approximate surface area is 71.2 Å². The van der Waals surface area contributed by atoms with Gasteiger partial charge in [0.25, 0.3) is 0 Å². The molecule has 0 bridgehead atoms. The fourth-order valence-electron chi connectivity index (χ4n) is 1.73. The molecular formula is C9H12N2O. The third-order valence-electron chi connectivity index (χ3n) is 2.42. The van der Waals surface area contributed by atoms with Gasteiger partial charge >= 0.3 is 0 Å². The lowest BCUT2D eigenvalue weighted by molar-refractivity contribution is 0.111. The fraction of sp³-hybridized carbons (Fsp3) is 0.556. The Kier molecular flexibility index (Phi) is 1.71. The van der Waals surface area contributed by atoms with Crippen LogP contribution in [-0.2, 0) is 12.8 Å². The van der Waals surface area contributed by atoms with Crippen molar-refractivity contribution in [2.45, 2.75) is 26.2 Å². The van der Waals surface area contributed by atoms with Crippen LogP contribution in [0.1, 0.15) is 35.4 Å². The molecular weight excluding hydrogens is 152 g/mol. The van der Waals surface area contributed by atoms with Crippen LogP contribution in [0.15, 0.2) is 0 Å². The molecule has 1 aromatic rings. The highest BCUT2D eigenvalue weighted by atomic mass is 16.1. The third-order valence-corrected chi connectivity index (χ3v) is 2.42. The number of aromatic amines is 1. The SMILES string of the molecule is CC1CCc2nc(C=O)[nH]c2C1. The van der Waals surface area contributed by atoms with Gasteiger partial charge < -0.3 is 4.98 Å². The Morgan fingerprint density at radius 2 is 2.50 bits per heavy atom. The lowest BCUT2D eigenvalue weighted by atomic mass is 9.92. The van der Waals surface area contributed by atoms with Gasteiger partial charge in [-0.1, -0.05) is 6.92 Å². The lowest BCUT2D eigenvalue weighted by Crippen LogP contribution is -2.10. The third kappa shape index (κ3) is 1.15. The average Bonchev–Trinajstić information content (AvgIpc) is 2.46. The Morgan fingerprint density at radius 3 is 3.25 bits per heavy atom. The highest BCUT2D eigenvalue weighted by molar-refractivity contribution is 5.69. The van der Waals surface area contributed by atoms with Crippen LogP contribution >= 0.6 is 0 Å². The topological polar surface area (TPSA) is 45.8 Å². The smallest absolute Gasteiger partial charge is 0.185 e. The van der Waals surface area contributed by atoms with Crippen LogP contribution in [0.3, 0.4) is 0 Å². The van der Waals surface area contributed by atoms with Crippen LogP contribution < -0.4 is 0 Å². The van der Waals surface area contributed by atoms with Gasteiger partial charge in [0.1, 0.15) is 0 Å². The molecule has 3 heteroatoms. The average molecular weight is 164 g/mol. The van der Waals surface area contributed by atoms with Crippen LogP contribution in [0.2, 0.25) is 0 Å². The number of nitrogens with one attached hydrogen (secondary N) is 1. The first-order valence-electron chi connectivity index (χ1n) is 4.32. The molecule has 64 valence electrons. The number of aryl methyl sites for hydroxylation is 1. The van der Waals surface area contributed by atoms with Gasteiger partial charge in [0, 0.05) is 5.69 Å². The molecule has 12 heavy (non-hydrogen) atoms. The molecule has 0 saturated carbocycles. The first kappa shape index (κ1) is 7.53. The summed E-state index contributed by atoms with van der Waals surface area (Å²) in [5.74, 6) is 1.20. The van der Waals surface area contributed by atoms with Crippen LogP contribution in [-0.4, -0.2) is 16.3 Å². The van der Waals surface area contributed by atoms with E-state index < -0.39 is 0 Å². The minimum absolute atomic E-state index is 0.481. The zero-order valence-corrected chi connectivity index (χ0v) is 7.13. The van der Waals surface area contributed by atoms with Gasteiger partial charge in [0.2, 0.25) is 0 Å². The van der Waals surface area contributed by atoms with Crippen molar-refractivity contribution in [3.8, 4) is 0 Å². The molecule has 0 saturated heterocycles. The molecule has 1 aliphatic rings. The Balaban J connectivity index is 2.34. The number of H-pyrrole nitrogens is 1.